The van der Waals surface area contributed by atoms with E-state index in [1.807, 2.05) is 11.8 Å². The largest absolute Gasteiger partial charge is 0.465 e. The van der Waals surface area contributed by atoms with Gasteiger partial charge in [0, 0.05) is 6.04 Å². The summed E-state index contributed by atoms with van der Waals surface area (Å²) in [6.07, 6.45) is 4.71. The third-order valence-corrected chi connectivity index (χ3v) is 3.57. The summed E-state index contributed by atoms with van der Waals surface area (Å²) < 4.78 is 4.62. The number of hydrogen-bond donors (Lipinski definition) is 1. The molecule has 1 heterocycles. The van der Waals surface area contributed by atoms with Crippen LogP contribution >= 0.6 is 23.1 Å². The molecule has 1 unspecified atom stereocenters. The van der Waals surface area contributed by atoms with E-state index < -0.39 is 0 Å². The maximum atomic E-state index is 11.2. The fraction of sp³-hybridized carbons (Fsp3) is 0.600. The van der Waals surface area contributed by atoms with Crippen molar-refractivity contribution in [3.63, 3.8) is 0 Å². The first-order valence-corrected chi connectivity index (χ1v) is 7.18. The van der Waals surface area contributed by atoms with Crippen LogP contribution in [-0.2, 0) is 4.74 Å². The van der Waals surface area contributed by atoms with Gasteiger partial charge in [0.15, 0.2) is 5.13 Å². The van der Waals surface area contributed by atoms with Gasteiger partial charge in [-0.15, -0.1) is 0 Å². The fourth-order valence-corrected chi connectivity index (χ4v) is 2.55. The molecule has 0 saturated carbocycles. The van der Waals surface area contributed by atoms with E-state index in [0.717, 1.165) is 17.3 Å². The van der Waals surface area contributed by atoms with Gasteiger partial charge in [0.2, 0.25) is 0 Å². The summed E-state index contributed by atoms with van der Waals surface area (Å²) in [5.74, 6) is 0.783. The Morgan fingerprint density at radius 1 is 1.75 bits per heavy atom. The van der Waals surface area contributed by atoms with E-state index in [4.69, 9.17) is 0 Å². The van der Waals surface area contributed by atoms with E-state index in [0.29, 0.717) is 10.9 Å². The van der Waals surface area contributed by atoms with E-state index in [-0.39, 0.29) is 5.97 Å². The van der Waals surface area contributed by atoms with E-state index in [9.17, 15) is 4.79 Å². The molecule has 0 spiro atoms. The van der Waals surface area contributed by atoms with Crippen molar-refractivity contribution in [3.05, 3.63) is 11.1 Å². The second kappa shape index (κ2) is 6.75. The predicted molar refractivity (Wildman–Crippen MR) is 69.5 cm³/mol. The molecule has 0 aliphatic carbocycles. The molecule has 4 nitrogen and oxygen atoms in total. The average molecular weight is 260 g/mol. The lowest BCUT2D eigenvalue weighted by molar-refractivity contribution is 0.0606. The smallest absolute Gasteiger partial charge is 0.349 e. The Morgan fingerprint density at radius 2 is 2.50 bits per heavy atom. The predicted octanol–water partition coefficient (Wildman–Crippen LogP) is 2.48. The molecule has 90 valence electrons. The van der Waals surface area contributed by atoms with Crippen molar-refractivity contribution >= 4 is 34.2 Å². The number of ether oxygens (including phenoxy) is 1. The lowest BCUT2D eigenvalue weighted by Gasteiger charge is -2.11. The molecule has 0 aliphatic heterocycles. The van der Waals surface area contributed by atoms with Crippen LogP contribution < -0.4 is 5.32 Å². The summed E-state index contributed by atoms with van der Waals surface area (Å²) in [7, 11) is 1.37. The van der Waals surface area contributed by atoms with Gasteiger partial charge in [-0.05, 0) is 25.4 Å². The van der Waals surface area contributed by atoms with Gasteiger partial charge in [0.1, 0.15) is 4.88 Å². The Bertz CT molecular complexity index is 341. The Labute approximate surface area is 104 Å². The first-order valence-electron chi connectivity index (χ1n) is 4.97. The minimum atomic E-state index is -0.331. The quantitative estimate of drug-likeness (QED) is 0.796. The third-order valence-electron chi connectivity index (χ3n) is 2.02. The summed E-state index contributed by atoms with van der Waals surface area (Å²) in [6, 6.07) is 0.365. The highest BCUT2D eigenvalue weighted by Gasteiger charge is 2.11. The average Bonchev–Trinajstić information content (AvgIpc) is 2.73. The Hall–Kier alpha value is -0.750. The number of hydrogen-bond acceptors (Lipinski definition) is 6. The van der Waals surface area contributed by atoms with Crippen LogP contribution in [0.5, 0.6) is 0 Å². The number of carbonyl (C=O) groups is 1. The normalized spacial score (nSPS) is 12.2. The SMILES string of the molecule is COC(=O)c1cnc(NC(C)CCSC)s1. The van der Waals surface area contributed by atoms with Gasteiger partial charge in [-0.1, -0.05) is 11.3 Å². The second-order valence-electron chi connectivity index (χ2n) is 3.35. The van der Waals surface area contributed by atoms with Crippen LogP contribution in [0.3, 0.4) is 0 Å². The van der Waals surface area contributed by atoms with E-state index in [1.165, 1.54) is 18.4 Å². The molecule has 0 radical (unpaired) electrons. The summed E-state index contributed by atoms with van der Waals surface area (Å²) in [4.78, 5) is 15.9. The number of carbonyl (C=O) groups excluding carboxylic acids is 1. The molecule has 1 N–H and O–H groups in total. The van der Waals surface area contributed by atoms with Gasteiger partial charge >= 0.3 is 5.97 Å². The van der Waals surface area contributed by atoms with Gasteiger partial charge < -0.3 is 10.1 Å². The number of nitrogens with one attached hydrogen (secondary N) is 1. The van der Waals surface area contributed by atoms with Crippen LogP contribution in [0, 0.1) is 0 Å². The number of methoxy groups -OCH3 is 1. The lowest BCUT2D eigenvalue weighted by atomic mass is 10.3. The van der Waals surface area contributed by atoms with E-state index in [1.54, 1.807) is 6.20 Å². The molecule has 1 aromatic heterocycles. The number of anilines is 1. The molecule has 0 fully saturated rings. The molecular weight excluding hydrogens is 244 g/mol. The van der Waals surface area contributed by atoms with Crippen LogP contribution in [0.15, 0.2) is 6.20 Å². The van der Waals surface area contributed by atoms with Gasteiger partial charge in [-0.2, -0.15) is 11.8 Å². The van der Waals surface area contributed by atoms with Crippen LogP contribution in [0.25, 0.3) is 0 Å². The molecule has 1 aromatic rings. The maximum absolute atomic E-state index is 11.2. The number of esters is 1. The summed E-state index contributed by atoms with van der Waals surface area (Å²) >= 11 is 3.15. The van der Waals surface area contributed by atoms with Crippen molar-refractivity contribution in [1.29, 1.82) is 0 Å². The Balaban J connectivity index is 2.48. The highest BCUT2D eigenvalue weighted by Crippen LogP contribution is 2.20. The number of aromatic nitrogens is 1. The second-order valence-corrected chi connectivity index (χ2v) is 5.36. The highest BCUT2D eigenvalue weighted by molar-refractivity contribution is 7.98. The summed E-state index contributed by atoms with van der Waals surface area (Å²) in [6.45, 7) is 2.11. The van der Waals surface area contributed by atoms with Gasteiger partial charge in [-0.3, -0.25) is 0 Å². The lowest BCUT2D eigenvalue weighted by Crippen LogP contribution is -2.15. The zero-order valence-corrected chi connectivity index (χ0v) is 11.3. The summed E-state index contributed by atoms with van der Waals surface area (Å²) in [5, 5.41) is 4.03. The zero-order valence-electron chi connectivity index (χ0n) is 9.65. The molecule has 16 heavy (non-hydrogen) atoms. The first-order chi connectivity index (χ1) is 7.67. The van der Waals surface area contributed by atoms with E-state index >= 15 is 0 Å². The van der Waals surface area contributed by atoms with Crippen molar-refractivity contribution < 1.29 is 9.53 Å². The monoisotopic (exact) mass is 260 g/mol. The number of thioether (sulfide) groups is 1. The zero-order chi connectivity index (χ0) is 12.0. The molecule has 1 atom stereocenters. The third kappa shape index (κ3) is 4.02. The fourth-order valence-electron chi connectivity index (χ4n) is 1.11. The molecular formula is C10H16N2O2S2. The van der Waals surface area contributed by atoms with Crippen LogP contribution in [0.2, 0.25) is 0 Å². The van der Waals surface area contributed by atoms with Crippen molar-refractivity contribution in [1.82, 2.24) is 4.98 Å². The van der Waals surface area contributed by atoms with Gasteiger partial charge in [0.25, 0.3) is 0 Å². The molecule has 0 bridgehead atoms. The topological polar surface area (TPSA) is 51.2 Å². The number of rotatable bonds is 6. The summed E-state index contributed by atoms with van der Waals surface area (Å²) in [5.41, 5.74) is 0. The molecule has 6 heteroatoms. The maximum Gasteiger partial charge on any atom is 0.349 e. The van der Waals surface area contributed by atoms with Crippen molar-refractivity contribution in [3.8, 4) is 0 Å². The van der Waals surface area contributed by atoms with Crippen molar-refractivity contribution in [2.45, 2.75) is 19.4 Å². The van der Waals surface area contributed by atoms with Gasteiger partial charge in [0.05, 0.1) is 13.3 Å². The van der Waals surface area contributed by atoms with Crippen molar-refractivity contribution in [2.24, 2.45) is 0 Å². The van der Waals surface area contributed by atoms with Crippen LogP contribution in [-0.4, -0.2) is 36.1 Å². The van der Waals surface area contributed by atoms with Crippen LogP contribution in [0.1, 0.15) is 23.0 Å². The minimum absolute atomic E-state index is 0.331. The number of thiazole rings is 1. The van der Waals surface area contributed by atoms with Gasteiger partial charge in [-0.25, -0.2) is 9.78 Å². The van der Waals surface area contributed by atoms with Crippen molar-refractivity contribution in [2.75, 3.05) is 24.4 Å². The minimum Gasteiger partial charge on any atom is -0.465 e. The standard InChI is InChI=1S/C10H16N2O2S2/c1-7(4-5-15-3)12-10-11-6-8(16-10)9(13)14-2/h6-7H,4-5H2,1-3H3,(H,11,12). The Kier molecular flexibility index (Phi) is 5.62. The number of nitrogens with zero attached hydrogens (tertiary/aromatic N) is 1. The highest BCUT2D eigenvalue weighted by atomic mass is 32.2. The molecule has 0 aliphatic rings. The Morgan fingerprint density at radius 3 is 3.12 bits per heavy atom. The molecule has 0 aromatic carbocycles. The van der Waals surface area contributed by atoms with E-state index in [2.05, 4.69) is 28.2 Å². The first kappa shape index (κ1) is 13.3. The van der Waals surface area contributed by atoms with Crippen LogP contribution in [0.4, 0.5) is 5.13 Å². The molecule has 0 saturated heterocycles. The molecule has 0 amide bonds. The molecule has 1 rings (SSSR count).